The summed E-state index contributed by atoms with van der Waals surface area (Å²) in [7, 11) is 0. The number of anilines is 1. The summed E-state index contributed by atoms with van der Waals surface area (Å²) in [4.78, 5) is 8.78. The minimum absolute atomic E-state index is 0.529. The molecule has 1 atom stereocenters. The molecule has 1 unspecified atom stereocenters. The molecule has 0 fully saturated rings. The van der Waals surface area contributed by atoms with E-state index < -0.39 is 0 Å². The van der Waals surface area contributed by atoms with Gasteiger partial charge in [-0.25, -0.2) is 9.97 Å². The van der Waals surface area contributed by atoms with Crippen LogP contribution in [-0.2, 0) is 0 Å². The average molecular weight is 283 g/mol. The number of aryl methyl sites for hydroxylation is 2. The van der Waals surface area contributed by atoms with E-state index in [1.807, 2.05) is 19.9 Å². The monoisotopic (exact) mass is 283 g/mol. The number of hydrogen-bond acceptors (Lipinski definition) is 3. The van der Waals surface area contributed by atoms with Gasteiger partial charge in [-0.2, -0.15) is 0 Å². The molecule has 112 valence electrons. The Kier molecular flexibility index (Phi) is 5.73. The van der Waals surface area contributed by atoms with Crippen LogP contribution in [0.2, 0.25) is 0 Å². The van der Waals surface area contributed by atoms with E-state index in [9.17, 15) is 0 Å². The molecule has 21 heavy (non-hydrogen) atoms. The second kappa shape index (κ2) is 7.77. The van der Waals surface area contributed by atoms with Gasteiger partial charge in [0.1, 0.15) is 11.6 Å². The third-order valence-electron chi connectivity index (χ3n) is 3.67. The van der Waals surface area contributed by atoms with Crippen LogP contribution >= 0.6 is 0 Å². The predicted octanol–water partition coefficient (Wildman–Crippen LogP) is 4.48. The molecule has 3 heteroatoms. The molecule has 0 saturated carbocycles. The van der Waals surface area contributed by atoms with Crippen LogP contribution in [0, 0.1) is 13.8 Å². The minimum atomic E-state index is 0.529. The summed E-state index contributed by atoms with van der Waals surface area (Å²) in [5, 5.41) is 3.48. The van der Waals surface area contributed by atoms with Gasteiger partial charge in [0.25, 0.3) is 0 Å². The molecule has 2 aromatic rings. The number of hydrogen-bond donors (Lipinski definition) is 1. The van der Waals surface area contributed by atoms with Crippen molar-refractivity contribution in [2.45, 2.75) is 46.0 Å². The third kappa shape index (κ3) is 4.85. The van der Waals surface area contributed by atoms with Gasteiger partial charge >= 0.3 is 0 Å². The van der Waals surface area contributed by atoms with Crippen molar-refractivity contribution in [2.75, 3.05) is 11.9 Å². The summed E-state index contributed by atoms with van der Waals surface area (Å²) in [6, 6.07) is 12.8. The second-order valence-corrected chi connectivity index (χ2v) is 5.57. The van der Waals surface area contributed by atoms with Crippen molar-refractivity contribution < 1.29 is 0 Å². The highest BCUT2D eigenvalue weighted by molar-refractivity contribution is 5.36. The number of rotatable bonds is 7. The van der Waals surface area contributed by atoms with Crippen LogP contribution in [-0.4, -0.2) is 16.5 Å². The molecular formula is C18H25N3. The van der Waals surface area contributed by atoms with Crippen molar-refractivity contribution in [1.82, 2.24) is 9.97 Å². The molecule has 2 rings (SSSR count). The normalized spacial score (nSPS) is 12.1. The van der Waals surface area contributed by atoms with Gasteiger partial charge in [-0.3, -0.25) is 0 Å². The lowest BCUT2D eigenvalue weighted by atomic mass is 9.93. The van der Waals surface area contributed by atoms with E-state index in [-0.39, 0.29) is 0 Å². The Morgan fingerprint density at radius 1 is 1.10 bits per heavy atom. The molecule has 0 amide bonds. The number of nitrogens with one attached hydrogen (secondary N) is 1. The molecule has 0 aliphatic heterocycles. The smallest absolute Gasteiger partial charge is 0.129 e. The van der Waals surface area contributed by atoms with Crippen LogP contribution in [0.5, 0.6) is 0 Å². The summed E-state index contributed by atoms with van der Waals surface area (Å²) >= 11 is 0. The quantitative estimate of drug-likeness (QED) is 0.814. The van der Waals surface area contributed by atoms with Gasteiger partial charge in [-0.05, 0) is 25.8 Å². The van der Waals surface area contributed by atoms with Crippen molar-refractivity contribution in [3.63, 3.8) is 0 Å². The molecule has 0 aliphatic carbocycles. The van der Waals surface area contributed by atoms with E-state index in [4.69, 9.17) is 0 Å². The van der Waals surface area contributed by atoms with E-state index in [1.165, 1.54) is 24.8 Å². The van der Waals surface area contributed by atoms with Crippen LogP contribution in [0.1, 0.15) is 49.2 Å². The van der Waals surface area contributed by atoms with E-state index in [2.05, 4.69) is 52.5 Å². The maximum atomic E-state index is 4.46. The molecule has 1 aromatic carbocycles. The molecule has 1 aromatic heterocycles. The van der Waals surface area contributed by atoms with Crippen LogP contribution in [0.25, 0.3) is 0 Å². The molecule has 0 radical (unpaired) electrons. The highest BCUT2D eigenvalue weighted by atomic mass is 15.0. The van der Waals surface area contributed by atoms with Crippen LogP contribution < -0.4 is 5.32 Å². The Bertz CT molecular complexity index is 531. The second-order valence-electron chi connectivity index (χ2n) is 5.57. The standard InChI is InChI=1S/C18H25N3/c1-4-5-9-17(16-10-7-6-8-11-16)13-19-18-12-14(2)20-15(3)21-18/h6-8,10-12,17H,4-5,9,13H2,1-3H3,(H,19,20,21). The molecule has 0 saturated heterocycles. The Morgan fingerprint density at radius 3 is 2.52 bits per heavy atom. The van der Waals surface area contributed by atoms with Crippen molar-refractivity contribution in [1.29, 1.82) is 0 Å². The van der Waals surface area contributed by atoms with Crippen LogP contribution in [0.4, 0.5) is 5.82 Å². The number of unbranched alkanes of at least 4 members (excludes halogenated alkanes) is 1. The Hall–Kier alpha value is -1.90. The summed E-state index contributed by atoms with van der Waals surface area (Å²) in [5.74, 6) is 2.28. The zero-order chi connectivity index (χ0) is 15.1. The molecule has 0 bridgehead atoms. The molecule has 1 N–H and O–H groups in total. The van der Waals surface area contributed by atoms with E-state index >= 15 is 0 Å². The summed E-state index contributed by atoms with van der Waals surface area (Å²) in [6.45, 7) is 7.10. The summed E-state index contributed by atoms with van der Waals surface area (Å²) in [5.41, 5.74) is 2.41. The number of aromatic nitrogens is 2. The lowest BCUT2D eigenvalue weighted by Gasteiger charge is -2.18. The Balaban J connectivity index is 2.05. The maximum absolute atomic E-state index is 4.46. The largest absolute Gasteiger partial charge is 0.369 e. The first-order valence-corrected chi connectivity index (χ1v) is 7.80. The van der Waals surface area contributed by atoms with E-state index in [1.54, 1.807) is 0 Å². The first-order chi connectivity index (χ1) is 10.2. The maximum Gasteiger partial charge on any atom is 0.129 e. The van der Waals surface area contributed by atoms with Crippen molar-refractivity contribution in [3.8, 4) is 0 Å². The molecule has 0 aliphatic rings. The van der Waals surface area contributed by atoms with Crippen molar-refractivity contribution >= 4 is 5.82 Å². The molecule has 1 heterocycles. The highest BCUT2D eigenvalue weighted by Gasteiger charge is 2.11. The van der Waals surface area contributed by atoms with Gasteiger partial charge in [0.05, 0.1) is 0 Å². The third-order valence-corrected chi connectivity index (χ3v) is 3.67. The number of nitrogens with zero attached hydrogens (tertiary/aromatic N) is 2. The van der Waals surface area contributed by atoms with Crippen LogP contribution in [0.15, 0.2) is 36.4 Å². The molecular weight excluding hydrogens is 258 g/mol. The minimum Gasteiger partial charge on any atom is -0.369 e. The molecule has 0 spiro atoms. The van der Waals surface area contributed by atoms with Crippen molar-refractivity contribution in [2.24, 2.45) is 0 Å². The summed E-state index contributed by atoms with van der Waals surface area (Å²) < 4.78 is 0. The fraction of sp³-hybridized carbons (Fsp3) is 0.444. The Labute approximate surface area is 127 Å². The van der Waals surface area contributed by atoms with Crippen molar-refractivity contribution in [3.05, 3.63) is 53.5 Å². The Morgan fingerprint density at radius 2 is 1.86 bits per heavy atom. The lowest BCUT2D eigenvalue weighted by molar-refractivity contribution is 0.603. The van der Waals surface area contributed by atoms with Gasteiger partial charge in [0, 0.05) is 24.2 Å². The lowest BCUT2D eigenvalue weighted by Crippen LogP contribution is -2.14. The fourth-order valence-corrected chi connectivity index (χ4v) is 2.60. The molecule has 3 nitrogen and oxygen atoms in total. The zero-order valence-electron chi connectivity index (χ0n) is 13.3. The van der Waals surface area contributed by atoms with E-state index in [0.717, 1.165) is 23.9 Å². The van der Waals surface area contributed by atoms with Gasteiger partial charge in [-0.1, -0.05) is 50.1 Å². The van der Waals surface area contributed by atoms with Gasteiger partial charge in [-0.15, -0.1) is 0 Å². The van der Waals surface area contributed by atoms with E-state index in [0.29, 0.717) is 5.92 Å². The number of benzene rings is 1. The SMILES string of the molecule is CCCCC(CNc1cc(C)nc(C)n1)c1ccccc1. The predicted molar refractivity (Wildman–Crippen MR) is 88.7 cm³/mol. The van der Waals surface area contributed by atoms with Crippen LogP contribution in [0.3, 0.4) is 0 Å². The summed E-state index contributed by atoms with van der Waals surface area (Å²) in [6.07, 6.45) is 3.69. The fourth-order valence-electron chi connectivity index (χ4n) is 2.60. The van der Waals surface area contributed by atoms with Gasteiger partial charge < -0.3 is 5.32 Å². The first kappa shape index (κ1) is 15.5. The van der Waals surface area contributed by atoms with Gasteiger partial charge in [0.15, 0.2) is 0 Å². The van der Waals surface area contributed by atoms with Gasteiger partial charge in [0.2, 0.25) is 0 Å². The topological polar surface area (TPSA) is 37.8 Å². The first-order valence-electron chi connectivity index (χ1n) is 7.80. The average Bonchev–Trinajstić information content (AvgIpc) is 2.47. The zero-order valence-corrected chi connectivity index (χ0v) is 13.3. The highest BCUT2D eigenvalue weighted by Crippen LogP contribution is 2.22.